The molecule has 2 amide bonds. The normalized spacial score (nSPS) is 22.7. The van der Waals surface area contributed by atoms with E-state index in [1.54, 1.807) is 16.8 Å². The number of aromatic nitrogens is 6. The molecule has 3 fully saturated rings. The molecule has 3 saturated carbocycles. The van der Waals surface area contributed by atoms with E-state index in [1.807, 2.05) is 35.3 Å². The minimum absolute atomic E-state index is 0.214. The molecule has 232 valence electrons. The van der Waals surface area contributed by atoms with Crippen LogP contribution in [0.1, 0.15) is 63.0 Å². The average Bonchev–Trinajstić information content (AvgIpc) is 3.64. The Morgan fingerprint density at radius 1 is 1.04 bits per heavy atom. The number of amides is 2. The van der Waals surface area contributed by atoms with E-state index in [0.717, 1.165) is 85.2 Å². The minimum Gasteiger partial charge on any atom is -0.453 e. The van der Waals surface area contributed by atoms with Gasteiger partial charge in [0.05, 0.1) is 48.0 Å². The van der Waals surface area contributed by atoms with Gasteiger partial charge in [0.15, 0.2) is 0 Å². The first-order valence-electron chi connectivity index (χ1n) is 15.7. The summed E-state index contributed by atoms with van der Waals surface area (Å²) >= 11 is 0. The van der Waals surface area contributed by atoms with Crippen molar-refractivity contribution in [1.82, 2.24) is 40.2 Å². The number of fused-ring (bicyclic) bond motifs is 1. The maximum absolute atomic E-state index is 12.2. The van der Waals surface area contributed by atoms with Crippen LogP contribution in [-0.2, 0) is 9.53 Å². The van der Waals surface area contributed by atoms with Crippen molar-refractivity contribution in [2.24, 2.45) is 11.8 Å². The number of nitriles is 1. The van der Waals surface area contributed by atoms with Crippen LogP contribution in [0.15, 0.2) is 42.9 Å². The number of ether oxygens (including phenoxy) is 1. The third-order valence-corrected chi connectivity index (χ3v) is 9.26. The first-order valence-corrected chi connectivity index (χ1v) is 15.7. The van der Waals surface area contributed by atoms with Crippen LogP contribution in [0.3, 0.4) is 0 Å². The molecule has 0 bridgehead atoms. The zero-order chi connectivity index (χ0) is 30.9. The van der Waals surface area contributed by atoms with Crippen LogP contribution in [-0.4, -0.2) is 67.3 Å². The predicted octanol–water partition coefficient (Wildman–Crippen LogP) is 4.08. The number of carbonyl (C=O) groups is 2. The number of alkyl carbamates (subject to hydrolysis) is 1. The highest BCUT2D eigenvalue weighted by atomic mass is 16.5. The summed E-state index contributed by atoms with van der Waals surface area (Å²) in [7, 11) is 1.37. The van der Waals surface area contributed by atoms with Gasteiger partial charge in [0.25, 0.3) is 0 Å². The van der Waals surface area contributed by atoms with Gasteiger partial charge in [-0.15, -0.1) is 5.10 Å². The van der Waals surface area contributed by atoms with Crippen LogP contribution in [0, 0.1) is 23.2 Å². The average molecular weight is 609 g/mol. The molecule has 0 saturated heterocycles. The zero-order valence-corrected chi connectivity index (χ0v) is 25.1. The van der Waals surface area contributed by atoms with Crippen molar-refractivity contribution in [2.75, 3.05) is 19.0 Å². The second-order valence-electron chi connectivity index (χ2n) is 12.4. The molecule has 7 rings (SSSR count). The number of pyridine rings is 1. The second-order valence-corrected chi connectivity index (χ2v) is 12.4. The molecule has 3 aliphatic carbocycles. The molecule has 4 aromatic rings. The molecular weight excluding hydrogens is 572 g/mol. The van der Waals surface area contributed by atoms with Crippen molar-refractivity contribution >= 4 is 23.2 Å². The van der Waals surface area contributed by atoms with Gasteiger partial charge >= 0.3 is 6.09 Å². The summed E-state index contributed by atoms with van der Waals surface area (Å²) in [4.78, 5) is 28.5. The number of rotatable bonds is 9. The summed E-state index contributed by atoms with van der Waals surface area (Å²) in [6, 6.07) is 10.5. The van der Waals surface area contributed by atoms with Crippen LogP contribution in [0.4, 0.5) is 10.5 Å². The van der Waals surface area contributed by atoms with Gasteiger partial charge in [-0.25, -0.2) is 14.0 Å². The number of anilines is 1. The molecular formula is C32H36N10O3. The van der Waals surface area contributed by atoms with Crippen molar-refractivity contribution < 1.29 is 14.3 Å². The molecule has 3 aliphatic rings. The standard InChI is InChI=1S/C32H36N10O3/c1-45-32(44)35-15-19-10-23(11-19)37-27-13-28(30-9-8-25-12-20(14-33)16-36-42(25)30)34-17-26(27)29-18-41(40-39-29)24-6-4-22(5-7-24)38-31(43)21-2-3-21/h8-9,12-13,16-19,21-24H,2-7,10-11,15H2,1H3,(H,34,37)(H,35,44)(H,38,43)/t19-,22-,23-,24-. The molecule has 13 heteroatoms. The SMILES string of the molecule is COC(=O)NC[C@H]1C[C@H](Nc2cc(-c3ccc4cc(C#N)cnn34)ncc2-c2cn([C@H]3CC[C@H](NC(=O)C4CC4)CC3)nn2)C1. The number of hydrogen-bond donors (Lipinski definition) is 3. The Bertz CT molecular complexity index is 1760. The van der Waals surface area contributed by atoms with Gasteiger partial charge in [-0.05, 0) is 81.5 Å². The molecule has 0 radical (unpaired) electrons. The highest BCUT2D eigenvalue weighted by Gasteiger charge is 2.33. The van der Waals surface area contributed by atoms with E-state index in [2.05, 4.69) is 37.4 Å². The van der Waals surface area contributed by atoms with E-state index in [1.165, 1.54) is 7.11 Å². The Balaban J connectivity index is 1.10. The lowest BCUT2D eigenvalue weighted by Gasteiger charge is -2.36. The quantitative estimate of drug-likeness (QED) is 0.254. The molecule has 0 aromatic carbocycles. The fourth-order valence-electron chi connectivity index (χ4n) is 6.44. The van der Waals surface area contributed by atoms with Gasteiger partial charge in [0, 0.05) is 42.0 Å². The molecule has 3 N–H and O–H groups in total. The van der Waals surface area contributed by atoms with E-state index in [-0.39, 0.29) is 30.0 Å². The van der Waals surface area contributed by atoms with Crippen LogP contribution < -0.4 is 16.0 Å². The van der Waals surface area contributed by atoms with Crippen molar-refractivity contribution in [3.05, 3.63) is 48.4 Å². The second kappa shape index (κ2) is 12.2. The highest BCUT2D eigenvalue weighted by molar-refractivity contribution is 5.81. The molecule has 0 spiro atoms. The van der Waals surface area contributed by atoms with E-state index in [0.29, 0.717) is 18.0 Å². The first-order chi connectivity index (χ1) is 22.0. The van der Waals surface area contributed by atoms with Crippen molar-refractivity contribution in [1.29, 1.82) is 5.26 Å². The summed E-state index contributed by atoms with van der Waals surface area (Å²) in [5.74, 6) is 0.810. The summed E-state index contributed by atoms with van der Waals surface area (Å²) in [6.07, 6.45) is 12.5. The molecule has 45 heavy (non-hydrogen) atoms. The molecule has 13 nitrogen and oxygen atoms in total. The van der Waals surface area contributed by atoms with Gasteiger partial charge in [0.1, 0.15) is 11.8 Å². The van der Waals surface area contributed by atoms with Gasteiger partial charge < -0.3 is 20.7 Å². The predicted molar refractivity (Wildman–Crippen MR) is 165 cm³/mol. The molecule has 0 atom stereocenters. The Morgan fingerprint density at radius 3 is 2.62 bits per heavy atom. The lowest BCUT2D eigenvalue weighted by atomic mass is 9.80. The molecule has 0 aliphatic heterocycles. The lowest BCUT2D eigenvalue weighted by Crippen LogP contribution is -2.42. The van der Waals surface area contributed by atoms with Gasteiger partial charge in [-0.2, -0.15) is 10.4 Å². The summed E-state index contributed by atoms with van der Waals surface area (Å²) < 4.78 is 8.44. The first kappa shape index (κ1) is 28.8. The van der Waals surface area contributed by atoms with E-state index in [4.69, 9.17) is 9.72 Å². The Kier molecular flexibility index (Phi) is 7.79. The molecule has 0 unspecified atom stereocenters. The van der Waals surface area contributed by atoms with E-state index in [9.17, 15) is 14.9 Å². The fraction of sp³-hybridized carbons (Fsp3) is 0.469. The number of hydrogen-bond acceptors (Lipinski definition) is 9. The third kappa shape index (κ3) is 6.18. The largest absolute Gasteiger partial charge is 0.453 e. The monoisotopic (exact) mass is 608 g/mol. The van der Waals surface area contributed by atoms with E-state index < -0.39 is 6.09 Å². The van der Waals surface area contributed by atoms with Crippen molar-refractivity contribution in [3.8, 4) is 28.7 Å². The number of carbonyl (C=O) groups excluding carboxylic acids is 2. The summed E-state index contributed by atoms with van der Waals surface area (Å²) in [6.45, 7) is 0.576. The number of nitrogens with one attached hydrogen (secondary N) is 3. The smallest absolute Gasteiger partial charge is 0.406 e. The zero-order valence-electron chi connectivity index (χ0n) is 25.1. The Morgan fingerprint density at radius 2 is 1.87 bits per heavy atom. The van der Waals surface area contributed by atoms with E-state index >= 15 is 0 Å². The maximum atomic E-state index is 12.2. The number of nitrogens with zero attached hydrogens (tertiary/aromatic N) is 7. The lowest BCUT2D eigenvalue weighted by molar-refractivity contribution is -0.123. The molecule has 4 aromatic heterocycles. The van der Waals surface area contributed by atoms with Crippen LogP contribution in [0.5, 0.6) is 0 Å². The molecule has 4 heterocycles. The minimum atomic E-state index is -0.415. The highest BCUT2D eigenvalue weighted by Crippen LogP contribution is 2.37. The van der Waals surface area contributed by atoms with Crippen molar-refractivity contribution in [3.63, 3.8) is 0 Å². The van der Waals surface area contributed by atoms with Crippen LogP contribution in [0.2, 0.25) is 0 Å². The van der Waals surface area contributed by atoms with Crippen molar-refractivity contribution in [2.45, 2.75) is 69.5 Å². The van der Waals surface area contributed by atoms with Crippen LogP contribution in [0.25, 0.3) is 28.2 Å². The summed E-state index contributed by atoms with van der Waals surface area (Å²) in [5.41, 5.74) is 5.35. The topological polar surface area (TPSA) is 164 Å². The van der Waals surface area contributed by atoms with Gasteiger partial charge in [0.2, 0.25) is 5.91 Å². The van der Waals surface area contributed by atoms with Crippen LogP contribution >= 0.6 is 0 Å². The maximum Gasteiger partial charge on any atom is 0.406 e. The van der Waals surface area contributed by atoms with Gasteiger partial charge in [-0.1, -0.05) is 5.21 Å². The summed E-state index contributed by atoms with van der Waals surface area (Å²) in [5, 5.41) is 32.5. The number of methoxy groups -OCH3 is 1. The third-order valence-electron chi connectivity index (χ3n) is 9.26. The Labute approximate surface area is 260 Å². The van der Waals surface area contributed by atoms with Gasteiger partial charge in [-0.3, -0.25) is 9.78 Å². The fourth-order valence-corrected chi connectivity index (χ4v) is 6.44. The Hall–Kier alpha value is -4.99.